The highest BCUT2D eigenvalue weighted by Gasteiger charge is 2.08. The Labute approximate surface area is 97.5 Å². The largest absolute Gasteiger partial charge is 0.390 e. The van der Waals surface area contributed by atoms with Crippen molar-refractivity contribution in [3.05, 3.63) is 29.7 Å². The normalized spacial score (nSPS) is 10.7. The number of aliphatic hydroxyl groups excluding tert-OH is 1. The van der Waals surface area contributed by atoms with Gasteiger partial charge >= 0.3 is 0 Å². The average Bonchev–Trinajstić information content (AvgIpc) is 2.63. The number of rotatable bonds is 3. The molecule has 84 valence electrons. The summed E-state index contributed by atoms with van der Waals surface area (Å²) < 4.78 is 1.84. The summed E-state index contributed by atoms with van der Waals surface area (Å²) in [6, 6.07) is 3.81. The molecule has 0 amide bonds. The van der Waals surface area contributed by atoms with Gasteiger partial charge in [-0.25, -0.2) is 4.98 Å². The van der Waals surface area contributed by atoms with Gasteiger partial charge in [-0.05, 0) is 30.8 Å². The average molecular weight is 236 g/mol. The van der Waals surface area contributed by atoms with E-state index >= 15 is 0 Å². The second-order valence-electron chi connectivity index (χ2n) is 3.36. The molecular weight excluding hydrogens is 224 g/mol. The van der Waals surface area contributed by atoms with Crippen LogP contribution in [0.3, 0.4) is 0 Å². The van der Waals surface area contributed by atoms with E-state index in [9.17, 15) is 0 Å². The molecule has 0 fully saturated rings. The van der Waals surface area contributed by atoms with Crippen LogP contribution in [0.2, 0.25) is 0 Å². The van der Waals surface area contributed by atoms with Crippen LogP contribution in [0.5, 0.6) is 0 Å². The number of hydrogen-bond donors (Lipinski definition) is 1. The molecule has 0 aromatic carbocycles. The van der Waals surface area contributed by atoms with Gasteiger partial charge in [0, 0.05) is 7.05 Å². The maximum atomic E-state index is 9.04. The van der Waals surface area contributed by atoms with Crippen molar-refractivity contribution in [2.75, 3.05) is 0 Å². The summed E-state index contributed by atoms with van der Waals surface area (Å²) >= 11 is 1.43. The van der Waals surface area contributed by atoms with Gasteiger partial charge < -0.3 is 9.67 Å². The molecule has 2 heterocycles. The number of aromatic nitrogens is 4. The van der Waals surface area contributed by atoms with Crippen molar-refractivity contribution in [1.82, 2.24) is 19.7 Å². The first-order chi connectivity index (χ1) is 7.70. The molecule has 5 nitrogen and oxygen atoms in total. The maximum Gasteiger partial charge on any atom is 0.174 e. The van der Waals surface area contributed by atoms with Crippen LogP contribution in [-0.4, -0.2) is 24.9 Å². The van der Waals surface area contributed by atoms with Crippen LogP contribution in [-0.2, 0) is 13.7 Å². The highest BCUT2D eigenvalue weighted by Crippen LogP contribution is 2.24. The smallest absolute Gasteiger partial charge is 0.174 e. The molecule has 1 N–H and O–H groups in total. The van der Waals surface area contributed by atoms with E-state index in [1.54, 1.807) is 6.20 Å². The third-order valence-corrected chi connectivity index (χ3v) is 3.16. The molecule has 0 bridgehead atoms. The highest BCUT2D eigenvalue weighted by molar-refractivity contribution is 7.99. The van der Waals surface area contributed by atoms with E-state index in [0.29, 0.717) is 0 Å². The number of aliphatic hydroxyl groups is 1. The van der Waals surface area contributed by atoms with E-state index in [1.807, 2.05) is 30.7 Å². The van der Waals surface area contributed by atoms with Gasteiger partial charge in [0.15, 0.2) is 5.16 Å². The second kappa shape index (κ2) is 4.63. The van der Waals surface area contributed by atoms with Crippen LogP contribution in [0.4, 0.5) is 0 Å². The molecule has 0 atom stereocenters. The fraction of sp³-hybridized carbons (Fsp3) is 0.300. The predicted molar refractivity (Wildman–Crippen MR) is 60.0 cm³/mol. The number of hydrogen-bond acceptors (Lipinski definition) is 5. The molecule has 0 aliphatic rings. The van der Waals surface area contributed by atoms with E-state index in [0.717, 1.165) is 21.6 Å². The maximum absolute atomic E-state index is 9.04. The highest BCUT2D eigenvalue weighted by atomic mass is 32.2. The molecule has 6 heteroatoms. The van der Waals surface area contributed by atoms with E-state index in [2.05, 4.69) is 15.2 Å². The Morgan fingerprint density at radius 2 is 2.19 bits per heavy atom. The molecule has 0 saturated heterocycles. The third kappa shape index (κ3) is 2.23. The first kappa shape index (κ1) is 11.1. The zero-order valence-corrected chi connectivity index (χ0v) is 9.90. The summed E-state index contributed by atoms with van der Waals surface area (Å²) in [6.07, 6.45) is 1.66. The lowest BCUT2D eigenvalue weighted by atomic mass is 10.4. The van der Waals surface area contributed by atoms with Gasteiger partial charge in [0.05, 0.1) is 24.2 Å². The molecule has 0 aliphatic carbocycles. The quantitative estimate of drug-likeness (QED) is 0.866. The van der Waals surface area contributed by atoms with Crippen molar-refractivity contribution in [2.45, 2.75) is 23.7 Å². The van der Waals surface area contributed by atoms with Gasteiger partial charge in [0.1, 0.15) is 5.03 Å². The summed E-state index contributed by atoms with van der Waals surface area (Å²) in [5.41, 5.74) is 1.67. The topological polar surface area (TPSA) is 63.8 Å². The van der Waals surface area contributed by atoms with Gasteiger partial charge in [-0.1, -0.05) is 0 Å². The van der Waals surface area contributed by atoms with Crippen molar-refractivity contribution in [1.29, 1.82) is 0 Å². The molecule has 0 unspecified atom stereocenters. The molecule has 0 aliphatic heterocycles. The second-order valence-corrected chi connectivity index (χ2v) is 4.35. The molecule has 2 aromatic rings. The van der Waals surface area contributed by atoms with Crippen molar-refractivity contribution in [2.24, 2.45) is 7.05 Å². The fourth-order valence-electron chi connectivity index (χ4n) is 1.20. The summed E-state index contributed by atoms with van der Waals surface area (Å²) in [5, 5.41) is 18.6. The Kier molecular flexibility index (Phi) is 3.21. The van der Waals surface area contributed by atoms with Gasteiger partial charge in [-0.2, -0.15) is 5.10 Å². The Hall–Kier alpha value is -1.40. The Morgan fingerprint density at radius 3 is 2.75 bits per heavy atom. The molecule has 0 saturated carbocycles. The SMILES string of the molecule is Cc1ccc(Sc2ncc(CO)n2C)nn1. The van der Waals surface area contributed by atoms with E-state index < -0.39 is 0 Å². The lowest BCUT2D eigenvalue weighted by Crippen LogP contribution is -1.97. The molecule has 2 rings (SSSR count). The van der Waals surface area contributed by atoms with E-state index in [4.69, 9.17) is 5.11 Å². The molecule has 0 spiro atoms. The Balaban J connectivity index is 2.20. The van der Waals surface area contributed by atoms with Crippen molar-refractivity contribution < 1.29 is 5.11 Å². The molecule has 2 aromatic heterocycles. The third-order valence-electron chi connectivity index (χ3n) is 2.17. The standard InChI is InChI=1S/C10H12N4OS/c1-7-3-4-9(13-12-7)16-10-11-5-8(6-15)14(10)2/h3-5,15H,6H2,1-2H3. The molecule has 0 radical (unpaired) electrons. The van der Waals surface area contributed by atoms with Crippen LogP contribution in [0.15, 0.2) is 28.5 Å². The summed E-state index contributed by atoms with van der Waals surface area (Å²) in [4.78, 5) is 4.20. The first-order valence-electron chi connectivity index (χ1n) is 4.80. The minimum absolute atomic E-state index is 0.0103. The molecule has 16 heavy (non-hydrogen) atoms. The van der Waals surface area contributed by atoms with Crippen LogP contribution < -0.4 is 0 Å². The van der Waals surface area contributed by atoms with Crippen LogP contribution in [0.25, 0.3) is 0 Å². The van der Waals surface area contributed by atoms with Crippen LogP contribution >= 0.6 is 11.8 Å². The zero-order chi connectivity index (χ0) is 11.5. The lowest BCUT2D eigenvalue weighted by molar-refractivity contribution is 0.271. The van der Waals surface area contributed by atoms with Crippen molar-refractivity contribution >= 4 is 11.8 Å². The van der Waals surface area contributed by atoms with E-state index in [-0.39, 0.29) is 6.61 Å². The van der Waals surface area contributed by atoms with Gasteiger partial charge in [0.25, 0.3) is 0 Å². The predicted octanol–water partition coefficient (Wildman–Crippen LogP) is 1.16. The first-order valence-corrected chi connectivity index (χ1v) is 5.62. The molecular formula is C10H12N4OS. The van der Waals surface area contributed by atoms with Gasteiger partial charge in [-0.15, -0.1) is 5.10 Å². The van der Waals surface area contributed by atoms with Crippen molar-refractivity contribution in [3.8, 4) is 0 Å². The number of aryl methyl sites for hydroxylation is 1. The number of nitrogens with zero attached hydrogens (tertiary/aromatic N) is 4. The number of imidazole rings is 1. The Bertz CT molecular complexity index is 480. The summed E-state index contributed by atoms with van der Waals surface area (Å²) in [5.74, 6) is 0. The van der Waals surface area contributed by atoms with Crippen molar-refractivity contribution in [3.63, 3.8) is 0 Å². The minimum atomic E-state index is -0.0103. The summed E-state index contributed by atoms with van der Waals surface area (Å²) in [7, 11) is 1.86. The van der Waals surface area contributed by atoms with Crippen LogP contribution in [0, 0.1) is 6.92 Å². The van der Waals surface area contributed by atoms with Gasteiger partial charge in [-0.3, -0.25) is 0 Å². The monoisotopic (exact) mass is 236 g/mol. The lowest BCUT2D eigenvalue weighted by Gasteiger charge is -2.02. The van der Waals surface area contributed by atoms with Crippen LogP contribution in [0.1, 0.15) is 11.4 Å². The fourth-order valence-corrected chi connectivity index (χ4v) is 1.97. The minimum Gasteiger partial charge on any atom is -0.390 e. The Morgan fingerprint density at radius 1 is 1.38 bits per heavy atom. The summed E-state index contributed by atoms with van der Waals surface area (Å²) in [6.45, 7) is 1.88. The van der Waals surface area contributed by atoms with E-state index in [1.165, 1.54) is 11.8 Å². The zero-order valence-electron chi connectivity index (χ0n) is 9.08. The van der Waals surface area contributed by atoms with Gasteiger partial charge in [0.2, 0.25) is 0 Å².